The molecule has 0 aliphatic carbocycles. The average Bonchev–Trinajstić information content (AvgIpc) is 2.58. The zero-order valence-corrected chi connectivity index (χ0v) is 12.5. The summed E-state index contributed by atoms with van der Waals surface area (Å²) in [5, 5.41) is 26.1. The molecule has 4 nitrogen and oxygen atoms in total. The fourth-order valence-corrected chi connectivity index (χ4v) is 2.01. The lowest BCUT2D eigenvalue weighted by Crippen LogP contribution is -1.82. The van der Waals surface area contributed by atoms with Crippen molar-refractivity contribution in [2.75, 3.05) is 0 Å². The van der Waals surface area contributed by atoms with Crippen molar-refractivity contribution in [1.29, 1.82) is 10.5 Å². The van der Waals surface area contributed by atoms with Crippen molar-refractivity contribution < 1.29 is 0 Å². The monoisotopic (exact) mass is 288 g/mol. The van der Waals surface area contributed by atoms with Gasteiger partial charge in [0.15, 0.2) is 0 Å². The lowest BCUT2D eigenvalue weighted by molar-refractivity contribution is 0.795. The molecule has 2 aromatic rings. The Kier molecular flexibility index (Phi) is 5.40. The van der Waals surface area contributed by atoms with Gasteiger partial charge in [-0.1, -0.05) is 25.5 Å². The van der Waals surface area contributed by atoms with Crippen LogP contribution in [0.3, 0.4) is 0 Å². The Morgan fingerprint density at radius 1 is 0.864 bits per heavy atom. The van der Waals surface area contributed by atoms with E-state index in [4.69, 9.17) is 10.5 Å². The molecule has 108 valence electrons. The van der Waals surface area contributed by atoms with Gasteiger partial charge in [-0.15, -0.1) is 0 Å². The first kappa shape index (κ1) is 15.4. The Morgan fingerprint density at radius 2 is 1.50 bits per heavy atom. The van der Waals surface area contributed by atoms with Crippen LogP contribution >= 0.6 is 0 Å². The van der Waals surface area contributed by atoms with Gasteiger partial charge < -0.3 is 0 Å². The van der Waals surface area contributed by atoms with Crippen molar-refractivity contribution in [3.05, 3.63) is 59.2 Å². The second kappa shape index (κ2) is 7.71. The molecule has 0 atom stereocenters. The van der Waals surface area contributed by atoms with E-state index >= 15 is 0 Å². The van der Waals surface area contributed by atoms with Gasteiger partial charge in [0, 0.05) is 0 Å². The third-order valence-electron chi connectivity index (χ3n) is 3.28. The number of azo groups is 1. The summed E-state index contributed by atoms with van der Waals surface area (Å²) in [5.74, 6) is 0. The molecule has 0 aromatic heterocycles. The van der Waals surface area contributed by atoms with E-state index in [9.17, 15) is 0 Å². The average molecular weight is 288 g/mol. The van der Waals surface area contributed by atoms with Crippen molar-refractivity contribution in [2.45, 2.75) is 26.2 Å². The number of aryl methyl sites for hydroxylation is 1. The zero-order valence-electron chi connectivity index (χ0n) is 12.5. The molecule has 0 spiro atoms. The van der Waals surface area contributed by atoms with Crippen molar-refractivity contribution in [2.24, 2.45) is 10.2 Å². The quantitative estimate of drug-likeness (QED) is 0.710. The summed E-state index contributed by atoms with van der Waals surface area (Å²) in [6.07, 6.45) is 3.44. The van der Waals surface area contributed by atoms with Gasteiger partial charge in [-0.25, -0.2) is 0 Å². The first-order valence-corrected chi connectivity index (χ1v) is 7.21. The van der Waals surface area contributed by atoms with Crippen LogP contribution in [-0.4, -0.2) is 0 Å². The summed E-state index contributed by atoms with van der Waals surface area (Å²) in [5.41, 5.74) is 3.29. The smallest absolute Gasteiger partial charge is 0.101 e. The number of nitriles is 2. The molecule has 0 amide bonds. The van der Waals surface area contributed by atoms with Crippen molar-refractivity contribution in [3.8, 4) is 12.1 Å². The van der Waals surface area contributed by atoms with E-state index < -0.39 is 0 Å². The standard InChI is InChI=1S/C18H16N4/c1-2-3-4-14-5-8-17(9-6-14)21-22-18-10-7-15(12-19)16(11-18)13-20/h5-11H,2-4H2,1H3/b22-21+. The zero-order chi connectivity index (χ0) is 15.8. The first-order valence-electron chi connectivity index (χ1n) is 7.21. The van der Waals surface area contributed by atoms with Gasteiger partial charge in [-0.05, 0) is 48.7 Å². The Balaban J connectivity index is 2.12. The predicted molar refractivity (Wildman–Crippen MR) is 85.1 cm³/mol. The van der Waals surface area contributed by atoms with Crippen LogP contribution < -0.4 is 0 Å². The summed E-state index contributed by atoms with van der Waals surface area (Å²) in [6.45, 7) is 2.18. The summed E-state index contributed by atoms with van der Waals surface area (Å²) in [6, 6.07) is 16.8. The Bertz CT molecular complexity index is 746. The van der Waals surface area contributed by atoms with E-state index in [1.165, 1.54) is 18.4 Å². The van der Waals surface area contributed by atoms with Crippen LogP contribution in [0, 0.1) is 22.7 Å². The molecule has 0 saturated heterocycles. The van der Waals surface area contributed by atoms with Gasteiger partial charge in [0.2, 0.25) is 0 Å². The molecule has 0 N–H and O–H groups in total. The number of unbranched alkanes of at least 4 members (excludes halogenated alkanes) is 1. The maximum absolute atomic E-state index is 8.99. The van der Waals surface area contributed by atoms with Crippen LogP contribution in [0.5, 0.6) is 0 Å². The number of hydrogen-bond donors (Lipinski definition) is 0. The van der Waals surface area contributed by atoms with Crippen LogP contribution in [0.1, 0.15) is 36.5 Å². The maximum atomic E-state index is 8.99. The fraction of sp³-hybridized carbons (Fsp3) is 0.222. The third kappa shape index (κ3) is 4.01. The van der Waals surface area contributed by atoms with Gasteiger partial charge in [0.25, 0.3) is 0 Å². The molecule has 0 unspecified atom stereocenters. The summed E-state index contributed by atoms with van der Waals surface area (Å²) in [7, 11) is 0. The minimum atomic E-state index is 0.314. The van der Waals surface area contributed by atoms with E-state index in [0.717, 1.165) is 12.1 Å². The maximum Gasteiger partial charge on any atom is 0.101 e. The molecule has 0 aliphatic rings. The van der Waals surface area contributed by atoms with E-state index in [-0.39, 0.29) is 0 Å². The highest BCUT2D eigenvalue weighted by molar-refractivity contribution is 5.53. The van der Waals surface area contributed by atoms with Crippen LogP contribution in [0.2, 0.25) is 0 Å². The molecule has 4 heteroatoms. The minimum Gasteiger partial charge on any atom is -0.192 e. The van der Waals surface area contributed by atoms with E-state index in [1.807, 2.05) is 24.3 Å². The minimum absolute atomic E-state index is 0.314. The Hall–Kier alpha value is -2.98. The van der Waals surface area contributed by atoms with Gasteiger partial charge in [0.1, 0.15) is 12.1 Å². The second-order valence-electron chi connectivity index (χ2n) is 4.92. The highest BCUT2D eigenvalue weighted by Gasteiger charge is 2.02. The van der Waals surface area contributed by atoms with E-state index in [1.54, 1.807) is 18.2 Å². The molecule has 0 fully saturated rings. The topological polar surface area (TPSA) is 72.3 Å². The number of hydrogen-bond acceptors (Lipinski definition) is 4. The molecule has 0 bridgehead atoms. The largest absolute Gasteiger partial charge is 0.192 e. The second-order valence-corrected chi connectivity index (χ2v) is 4.92. The van der Waals surface area contributed by atoms with Crippen molar-refractivity contribution >= 4 is 11.4 Å². The van der Waals surface area contributed by atoms with Gasteiger partial charge in [-0.3, -0.25) is 0 Å². The van der Waals surface area contributed by atoms with Crippen LogP contribution in [0.15, 0.2) is 52.7 Å². The molecule has 0 heterocycles. The highest BCUT2D eigenvalue weighted by atomic mass is 15.1. The summed E-state index contributed by atoms with van der Waals surface area (Å²) < 4.78 is 0. The lowest BCUT2D eigenvalue weighted by Gasteiger charge is -2.00. The summed E-state index contributed by atoms with van der Waals surface area (Å²) in [4.78, 5) is 0. The van der Waals surface area contributed by atoms with Gasteiger partial charge in [0.05, 0.1) is 22.5 Å². The normalized spacial score (nSPS) is 10.3. The molecule has 0 radical (unpaired) electrons. The molecular weight excluding hydrogens is 272 g/mol. The Labute approximate surface area is 130 Å². The van der Waals surface area contributed by atoms with Gasteiger partial charge >= 0.3 is 0 Å². The van der Waals surface area contributed by atoms with E-state index in [0.29, 0.717) is 16.8 Å². The fourth-order valence-electron chi connectivity index (χ4n) is 2.01. The predicted octanol–water partition coefficient (Wildman–Crippen LogP) is 5.19. The molecule has 0 saturated carbocycles. The summed E-state index contributed by atoms with van der Waals surface area (Å²) >= 11 is 0. The van der Waals surface area contributed by atoms with Crippen LogP contribution in [0.25, 0.3) is 0 Å². The van der Waals surface area contributed by atoms with E-state index in [2.05, 4.69) is 29.3 Å². The molecule has 2 rings (SSSR count). The van der Waals surface area contributed by atoms with Crippen LogP contribution in [0.4, 0.5) is 11.4 Å². The lowest BCUT2D eigenvalue weighted by atomic mass is 10.1. The molecule has 0 aliphatic heterocycles. The molecule has 22 heavy (non-hydrogen) atoms. The number of benzene rings is 2. The van der Waals surface area contributed by atoms with Crippen LogP contribution in [-0.2, 0) is 6.42 Å². The highest BCUT2D eigenvalue weighted by Crippen LogP contribution is 2.21. The number of rotatable bonds is 5. The molecule has 2 aromatic carbocycles. The Morgan fingerprint density at radius 3 is 2.14 bits per heavy atom. The third-order valence-corrected chi connectivity index (χ3v) is 3.28. The molecular formula is C18H16N4. The van der Waals surface area contributed by atoms with Crippen molar-refractivity contribution in [1.82, 2.24) is 0 Å². The number of nitrogens with zero attached hydrogens (tertiary/aromatic N) is 4. The van der Waals surface area contributed by atoms with Crippen molar-refractivity contribution in [3.63, 3.8) is 0 Å². The first-order chi connectivity index (χ1) is 10.8. The van der Waals surface area contributed by atoms with Gasteiger partial charge in [-0.2, -0.15) is 20.8 Å². The SMILES string of the molecule is CCCCc1ccc(/N=N/c2ccc(C#N)c(C#N)c2)cc1.